The maximum absolute atomic E-state index is 5.86. The minimum atomic E-state index is 0.552. The molecule has 3 aromatic heterocycles. The van der Waals surface area contributed by atoms with Crippen LogP contribution >= 0.6 is 0 Å². The van der Waals surface area contributed by atoms with Gasteiger partial charge in [-0.1, -0.05) is 24.3 Å². The third-order valence-corrected chi connectivity index (χ3v) is 4.62. The van der Waals surface area contributed by atoms with Gasteiger partial charge in [0.05, 0.1) is 12.1 Å². The summed E-state index contributed by atoms with van der Waals surface area (Å²) in [6.07, 6.45) is 1.83. The molecule has 6 nitrogen and oxygen atoms in total. The van der Waals surface area contributed by atoms with E-state index in [4.69, 9.17) is 4.42 Å². The number of fused-ring (bicyclic) bond motifs is 1. The van der Waals surface area contributed by atoms with Crippen molar-refractivity contribution in [3.63, 3.8) is 0 Å². The summed E-state index contributed by atoms with van der Waals surface area (Å²) in [6.45, 7) is 3.39. The Kier molecular flexibility index (Phi) is 4.26. The van der Waals surface area contributed by atoms with E-state index in [1.807, 2.05) is 50.0 Å². The van der Waals surface area contributed by atoms with Gasteiger partial charge in [-0.05, 0) is 37.7 Å². The van der Waals surface area contributed by atoms with Gasteiger partial charge >= 0.3 is 0 Å². The summed E-state index contributed by atoms with van der Waals surface area (Å²) in [5, 5.41) is 9.54. The topological polar surface area (TPSA) is 60.0 Å². The van der Waals surface area contributed by atoms with Crippen LogP contribution in [0.15, 0.2) is 53.1 Å². The molecule has 0 N–H and O–H groups in total. The molecule has 0 unspecified atom stereocenters. The van der Waals surface area contributed by atoms with E-state index in [1.54, 1.807) is 0 Å². The van der Waals surface area contributed by atoms with Crippen molar-refractivity contribution in [2.45, 2.75) is 20.0 Å². The molecule has 0 atom stereocenters. The number of aryl methyl sites for hydroxylation is 1. The highest BCUT2D eigenvalue weighted by atomic mass is 16.4. The second-order valence-corrected chi connectivity index (χ2v) is 6.58. The highest BCUT2D eigenvalue weighted by Crippen LogP contribution is 2.21. The Morgan fingerprint density at radius 1 is 1.04 bits per heavy atom. The van der Waals surface area contributed by atoms with Crippen molar-refractivity contribution < 1.29 is 4.42 Å². The molecule has 0 spiro atoms. The van der Waals surface area contributed by atoms with Crippen molar-refractivity contribution >= 4 is 10.9 Å². The minimum absolute atomic E-state index is 0.552. The lowest BCUT2D eigenvalue weighted by atomic mass is 10.1. The number of benzene rings is 1. The number of hydrogen-bond donors (Lipinski definition) is 0. The monoisotopic (exact) mass is 347 g/mol. The lowest BCUT2D eigenvalue weighted by Crippen LogP contribution is -2.17. The molecule has 0 aliphatic carbocycles. The van der Waals surface area contributed by atoms with Gasteiger partial charge in [0.2, 0.25) is 5.89 Å². The van der Waals surface area contributed by atoms with E-state index in [0.29, 0.717) is 18.3 Å². The first-order valence-corrected chi connectivity index (χ1v) is 8.58. The summed E-state index contributed by atoms with van der Waals surface area (Å²) < 4.78 is 7.90. The Morgan fingerprint density at radius 3 is 2.69 bits per heavy atom. The normalized spacial score (nSPS) is 11.5. The highest BCUT2D eigenvalue weighted by molar-refractivity contribution is 5.81. The summed E-state index contributed by atoms with van der Waals surface area (Å²) in [7, 11) is 4.03. The van der Waals surface area contributed by atoms with E-state index in [1.165, 1.54) is 5.56 Å². The summed E-state index contributed by atoms with van der Waals surface area (Å²) in [4.78, 5) is 6.67. The average Bonchev–Trinajstić information content (AvgIpc) is 3.22. The molecule has 6 heteroatoms. The zero-order valence-electron chi connectivity index (χ0n) is 15.2. The average molecular weight is 347 g/mol. The zero-order valence-corrected chi connectivity index (χ0v) is 15.2. The lowest BCUT2D eigenvalue weighted by molar-refractivity contribution is 0.283. The molecular weight excluding hydrogens is 326 g/mol. The fourth-order valence-electron chi connectivity index (χ4n) is 3.12. The van der Waals surface area contributed by atoms with Gasteiger partial charge in [0, 0.05) is 30.9 Å². The standard InChI is InChI=1S/C20H21N5O/c1-14-9-10-17(25(14)3)20-23-22-18(26-20)13-24(2)12-16-7-4-6-15-8-5-11-21-19(15)16/h4-11H,12-13H2,1-3H3. The van der Waals surface area contributed by atoms with Crippen LogP contribution in [-0.2, 0) is 20.1 Å². The van der Waals surface area contributed by atoms with Crippen LogP contribution in [0.2, 0.25) is 0 Å². The number of nitrogens with zero attached hydrogens (tertiary/aromatic N) is 5. The molecule has 0 fully saturated rings. The maximum atomic E-state index is 5.86. The van der Waals surface area contributed by atoms with Crippen LogP contribution in [0, 0.1) is 6.92 Å². The van der Waals surface area contributed by atoms with Crippen LogP contribution in [0.4, 0.5) is 0 Å². The van der Waals surface area contributed by atoms with E-state index in [9.17, 15) is 0 Å². The van der Waals surface area contributed by atoms with Crippen molar-refractivity contribution in [3.8, 4) is 11.6 Å². The predicted molar refractivity (Wildman–Crippen MR) is 100 cm³/mol. The maximum Gasteiger partial charge on any atom is 0.264 e. The minimum Gasteiger partial charge on any atom is -0.418 e. The van der Waals surface area contributed by atoms with Gasteiger partial charge in [0.1, 0.15) is 5.69 Å². The molecule has 0 radical (unpaired) electrons. The second kappa shape index (κ2) is 6.72. The molecule has 0 amide bonds. The molecule has 0 aliphatic heterocycles. The number of para-hydroxylation sites is 1. The fourth-order valence-corrected chi connectivity index (χ4v) is 3.12. The van der Waals surface area contributed by atoms with Gasteiger partial charge < -0.3 is 8.98 Å². The van der Waals surface area contributed by atoms with Crippen LogP contribution in [0.3, 0.4) is 0 Å². The van der Waals surface area contributed by atoms with Gasteiger partial charge in [-0.25, -0.2) is 0 Å². The van der Waals surface area contributed by atoms with Crippen molar-refractivity contribution in [2.75, 3.05) is 7.05 Å². The molecule has 0 bridgehead atoms. The Labute approximate surface area is 152 Å². The fraction of sp³-hybridized carbons (Fsp3) is 0.250. The Morgan fingerprint density at radius 2 is 1.88 bits per heavy atom. The molecule has 3 heterocycles. The van der Waals surface area contributed by atoms with Crippen LogP contribution in [0.5, 0.6) is 0 Å². The number of hydrogen-bond acceptors (Lipinski definition) is 5. The molecular formula is C20H21N5O. The van der Waals surface area contributed by atoms with Crippen LogP contribution in [0.1, 0.15) is 17.1 Å². The largest absolute Gasteiger partial charge is 0.418 e. The Hall–Kier alpha value is -2.99. The van der Waals surface area contributed by atoms with Crippen LogP contribution < -0.4 is 0 Å². The third-order valence-electron chi connectivity index (χ3n) is 4.62. The van der Waals surface area contributed by atoms with Crippen molar-refractivity contribution in [1.29, 1.82) is 0 Å². The van der Waals surface area contributed by atoms with E-state index < -0.39 is 0 Å². The Balaban J connectivity index is 1.50. The molecule has 0 saturated heterocycles. The predicted octanol–water partition coefficient (Wildman–Crippen LogP) is 3.56. The molecule has 26 heavy (non-hydrogen) atoms. The van der Waals surface area contributed by atoms with Gasteiger partial charge in [-0.2, -0.15) is 0 Å². The first-order valence-electron chi connectivity index (χ1n) is 8.58. The molecule has 4 aromatic rings. The molecule has 0 saturated carbocycles. The summed E-state index contributed by atoms with van der Waals surface area (Å²) >= 11 is 0. The van der Waals surface area contributed by atoms with E-state index in [2.05, 4.69) is 44.3 Å². The van der Waals surface area contributed by atoms with Crippen molar-refractivity contribution in [1.82, 2.24) is 24.6 Å². The SMILES string of the molecule is Cc1ccc(-c2nnc(CN(C)Cc3cccc4cccnc34)o2)n1C. The van der Waals surface area contributed by atoms with Crippen LogP contribution in [0.25, 0.3) is 22.5 Å². The first kappa shape index (κ1) is 16.5. The summed E-state index contributed by atoms with van der Waals surface area (Å²) in [6, 6.07) is 14.3. The van der Waals surface area contributed by atoms with E-state index >= 15 is 0 Å². The zero-order chi connectivity index (χ0) is 18.1. The first-order chi connectivity index (χ1) is 12.6. The molecule has 1 aromatic carbocycles. The van der Waals surface area contributed by atoms with Crippen molar-refractivity contribution in [3.05, 3.63) is 65.8 Å². The van der Waals surface area contributed by atoms with E-state index in [-0.39, 0.29) is 0 Å². The number of aromatic nitrogens is 4. The smallest absolute Gasteiger partial charge is 0.264 e. The third kappa shape index (κ3) is 3.11. The van der Waals surface area contributed by atoms with Gasteiger partial charge in [0.25, 0.3) is 5.89 Å². The van der Waals surface area contributed by atoms with Gasteiger partial charge in [-0.3, -0.25) is 9.88 Å². The van der Waals surface area contributed by atoms with Crippen molar-refractivity contribution in [2.24, 2.45) is 7.05 Å². The summed E-state index contributed by atoms with van der Waals surface area (Å²) in [5.41, 5.74) is 4.30. The molecule has 132 valence electrons. The lowest BCUT2D eigenvalue weighted by Gasteiger charge is -2.15. The van der Waals surface area contributed by atoms with Gasteiger partial charge in [0.15, 0.2) is 0 Å². The number of rotatable bonds is 5. The highest BCUT2D eigenvalue weighted by Gasteiger charge is 2.14. The molecule has 0 aliphatic rings. The quantitative estimate of drug-likeness (QED) is 0.552. The second-order valence-electron chi connectivity index (χ2n) is 6.58. The number of pyridine rings is 1. The van der Waals surface area contributed by atoms with E-state index in [0.717, 1.165) is 28.8 Å². The Bertz CT molecular complexity index is 1040. The molecule has 4 rings (SSSR count). The summed E-state index contributed by atoms with van der Waals surface area (Å²) in [5.74, 6) is 1.16. The van der Waals surface area contributed by atoms with Gasteiger partial charge in [-0.15, -0.1) is 10.2 Å². The van der Waals surface area contributed by atoms with Crippen LogP contribution in [-0.4, -0.2) is 31.7 Å².